The smallest absolute Gasteiger partial charge is 0.0649 e. The number of nitrogens with zero attached hydrogens (tertiary/aromatic N) is 2. The van der Waals surface area contributed by atoms with Crippen molar-refractivity contribution in [2.75, 3.05) is 12.0 Å². The highest BCUT2D eigenvalue weighted by Crippen LogP contribution is 2.20. The number of para-hydroxylation sites is 1. The number of rotatable bonds is 6. The predicted octanol–water partition coefficient (Wildman–Crippen LogP) is 2.13. The average molecular weight is 262 g/mol. The first-order valence-corrected chi connectivity index (χ1v) is 7.30. The maximum atomic E-state index is 5.65. The Balaban J connectivity index is 2.26. The lowest BCUT2D eigenvalue weighted by atomic mass is 10.1. The van der Waals surface area contributed by atoms with E-state index in [9.17, 15) is 0 Å². The van der Waals surface area contributed by atoms with Crippen molar-refractivity contribution in [3.8, 4) is 5.69 Å². The number of benzene rings is 1. The molecule has 96 valence electrons. The molecule has 2 aromatic rings. The van der Waals surface area contributed by atoms with Gasteiger partial charge in [-0.05, 0) is 36.6 Å². The molecule has 0 aliphatic carbocycles. The third-order valence-corrected chi connectivity index (χ3v) is 3.49. The molecule has 1 heterocycles. The Morgan fingerprint density at radius 3 is 2.78 bits per heavy atom. The number of aromatic nitrogens is 2. The van der Waals surface area contributed by atoms with Gasteiger partial charge < -0.3 is 0 Å². The van der Waals surface area contributed by atoms with E-state index in [4.69, 9.17) is 5.84 Å². The fourth-order valence-corrected chi connectivity index (χ4v) is 2.39. The Labute approximate surface area is 112 Å². The summed E-state index contributed by atoms with van der Waals surface area (Å²) in [4.78, 5) is 0. The Bertz CT molecular complexity index is 469. The lowest BCUT2D eigenvalue weighted by Gasteiger charge is -2.17. The maximum Gasteiger partial charge on any atom is 0.0649 e. The van der Waals surface area contributed by atoms with E-state index in [1.165, 1.54) is 0 Å². The Morgan fingerprint density at radius 1 is 1.33 bits per heavy atom. The molecular formula is C13H18N4S. The highest BCUT2D eigenvalue weighted by Gasteiger charge is 2.15. The number of nitrogens with one attached hydrogen (secondary N) is 1. The molecule has 3 N–H and O–H groups in total. The van der Waals surface area contributed by atoms with E-state index in [2.05, 4.69) is 16.8 Å². The van der Waals surface area contributed by atoms with Crippen molar-refractivity contribution >= 4 is 11.8 Å². The first kappa shape index (κ1) is 13.1. The molecule has 0 spiro atoms. The van der Waals surface area contributed by atoms with Gasteiger partial charge in [0.2, 0.25) is 0 Å². The second-order valence-corrected chi connectivity index (χ2v) is 4.99. The molecule has 0 saturated heterocycles. The van der Waals surface area contributed by atoms with Gasteiger partial charge in [0.15, 0.2) is 0 Å². The zero-order valence-electron chi connectivity index (χ0n) is 10.4. The Morgan fingerprint density at radius 2 is 2.11 bits per heavy atom. The van der Waals surface area contributed by atoms with E-state index < -0.39 is 0 Å². The zero-order valence-corrected chi connectivity index (χ0v) is 11.2. The SMILES string of the molecule is CSCCC(NN)c1ccnn1-c1ccccc1. The summed E-state index contributed by atoms with van der Waals surface area (Å²) in [5.41, 5.74) is 5.03. The predicted molar refractivity (Wildman–Crippen MR) is 76.6 cm³/mol. The van der Waals surface area contributed by atoms with Crippen molar-refractivity contribution in [3.63, 3.8) is 0 Å². The summed E-state index contributed by atoms with van der Waals surface area (Å²) in [7, 11) is 0. The summed E-state index contributed by atoms with van der Waals surface area (Å²) >= 11 is 1.82. The van der Waals surface area contributed by atoms with Crippen molar-refractivity contribution in [2.24, 2.45) is 5.84 Å². The van der Waals surface area contributed by atoms with Crippen LogP contribution in [0.4, 0.5) is 0 Å². The minimum atomic E-state index is 0.125. The molecule has 18 heavy (non-hydrogen) atoms. The van der Waals surface area contributed by atoms with Crippen LogP contribution < -0.4 is 11.3 Å². The van der Waals surface area contributed by atoms with Gasteiger partial charge >= 0.3 is 0 Å². The van der Waals surface area contributed by atoms with Crippen LogP contribution in [0, 0.1) is 0 Å². The van der Waals surface area contributed by atoms with Crippen LogP contribution in [0.2, 0.25) is 0 Å². The van der Waals surface area contributed by atoms with Gasteiger partial charge in [-0.15, -0.1) is 0 Å². The van der Waals surface area contributed by atoms with E-state index in [0.29, 0.717) is 0 Å². The van der Waals surface area contributed by atoms with Crippen LogP contribution >= 0.6 is 11.8 Å². The van der Waals surface area contributed by atoms with Gasteiger partial charge in [-0.2, -0.15) is 16.9 Å². The van der Waals surface area contributed by atoms with Gasteiger partial charge in [0, 0.05) is 6.20 Å². The quantitative estimate of drug-likeness (QED) is 0.618. The largest absolute Gasteiger partial charge is 0.271 e. The minimum Gasteiger partial charge on any atom is -0.271 e. The highest BCUT2D eigenvalue weighted by atomic mass is 32.2. The van der Waals surface area contributed by atoms with Crippen molar-refractivity contribution in [2.45, 2.75) is 12.5 Å². The minimum absolute atomic E-state index is 0.125. The lowest BCUT2D eigenvalue weighted by molar-refractivity contribution is 0.514. The van der Waals surface area contributed by atoms with Crippen molar-refractivity contribution in [1.29, 1.82) is 0 Å². The first-order chi connectivity index (χ1) is 8.86. The van der Waals surface area contributed by atoms with Gasteiger partial charge in [0.1, 0.15) is 0 Å². The van der Waals surface area contributed by atoms with Gasteiger partial charge in [0.05, 0.1) is 17.4 Å². The molecule has 1 atom stereocenters. The molecule has 1 unspecified atom stereocenters. The van der Waals surface area contributed by atoms with Crippen molar-refractivity contribution < 1.29 is 0 Å². The van der Waals surface area contributed by atoms with Crippen LogP contribution in [0.5, 0.6) is 0 Å². The fraction of sp³-hybridized carbons (Fsp3) is 0.308. The molecule has 0 fully saturated rings. The summed E-state index contributed by atoms with van der Waals surface area (Å²) < 4.78 is 1.94. The molecule has 0 aliphatic heterocycles. The monoisotopic (exact) mass is 262 g/mol. The van der Waals surface area contributed by atoms with Crippen LogP contribution in [-0.2, 0) is 0 Å². The topological polar surface area (TPSA) is 55.9 Å². The molecule has 0 saturated carbocycles. The zero-order chi connectivity index (χ0) is 12.8. The summed E-state index contributed by atoms with van der Waals surface area (Å²) in [6.07, 6.45) is 4.89. The van der Waals surface area contributed by atoms with Crippen LogP contribution in [0.3, 0.4) is 0 Å². The number of hydrogen-bond donors (Lipinski definition) is 2. The summed E-state index contributed by atoms with van der Waals surface area (Å²) in [6, 6.07) is 12.2. The normalized spacial score (nSPS) is 12.6. The van der Waals surface area contributed by atoms with Crippen LogP contribution in [0.25, 0.3) is 5.69 Å². The molecule has 2 rings (SSSR count). The maximum absolute atomic E-state index is 5.65. The van der Waals surface area contributed by atoms with Crippen LogP contribution in [0.15, 0.2) is 42.6 Å². The van der Waals surface area contributed by atoms with Crippen molar-refractivity contribution in [1.82, 2.24) is 15.2 Å². The summed E-state index contributed by atoms with van der Waals surface area (Å²) in [5.74, 6) is 6.72. The van der Waals surface area contributed by atoms with E-state index in [-0.39, 0.29) is 6.04 Å². The third kappa shape index (κ3) is 2.93. The second-order valence-electron chi connectivity index (χ2n) is 4.00. The standard InChI is InChI=1S/C13H18N4S/c1-18-10-8-12(16-14)13-7-9-15-17(13)11-5-3-2-4-6-11/h2-7,9,12,16H,8,10,14H2,1H3. The van der Waals surface area contributed by atoms with Gasteiger partial charge in [-0.25, -0.2) is 4.68 Å². The van der Waals surface area contributed by atoms with E-state index in [0.717, 1.165) is 23.6 Å². The summed E-state index contributed by atoms with van der Waals surface area (Å²) in [5, 5.41) is 4.38. The van der Waals surface area contributed by atoms with Gasteiger partial charge in [-0.1, -0.05) is 18.2 Å². The van der Waals surface area contributed by atoms with Gasteiger partial charge in [0.25, 0.3) is 0 Å². The molecule has 1 aromatic carbocycles. The third-order valence-electron chi connectivity index (χ3n) is 2.84. The number of hydrazine groups is 1. The Kier molecular flexibility index (Phi) is 4.81. The molecule has 0 amide bonds. The molecule has 0 bridgehead atoms. The average Bonchev–Trinajstić information content (AvgIpc) is 2.90. The van der Waals surface area contributed by atoms with E-state index >= 15 is 0 Å². The van der Waals surface area contributed by atoms with E-state index in [1.54, 1.807) is 0 Å². The van der Waals surface area contributed by atoms with E-state index in [1.807, 2.05) is 59.0 Å². The van der Waals surface area contributed by atoms with Gasteiger partial charge in [-0.3, -0.25) is 11.3 Å². The van der Waals surface area contributed by atoms with Crippen LogP contribution in [-0.4, -0.2) is 21.8 Å². The molecule has 0 aliphatic rings. The Hall–Kier alpha value is -1.30. The number of thioether (sulfide) groups is 1. The van der Waals surface area contributed by atoms with Crippen LogP contribution in [0.1, 0.15) is 18.2 Å². The lowest BCUT2D eigenvalue weighted by Crippen LogP contribution is -2.30. The molecular weight excluding hydrogens is 244 g/mol. The molecule has 1 aromatic heterocycles. The number of nitrogens with two attached hydrogens (primary N) is 1. The highest BCUT2D eigenvalue weighted by molar-refractivity contribution is 7.98. The molecule has 5 heteroatoms. The molecule has 4 nitrogen and oxygen atoms in total. The first-order valence-electron chi connectivity index (χ1n) is 5.91. The fourth-order valence-electron chi connectivity index (χ4n) is 1.91. The second kappa shape index (κ2) is 6.58. The molecule has 0 radical (unpaired) electrons. The van der Waals surface area contributed by atoms with Crippen molar-refractivity contribution in [3.05, 3.63) is 48.3 Å². The number of hydrogen-bond acceptors (Lipinski definition) is 4. The summed E-state index contributed by atoms with van der Waals surface area (Å²) in [6.45, 7) is 0.